The zero-order valence-electron chi connectivity index (χ0n) is 8.43. The molecular formula is C10H20O2. The molecule has 0 rings (SSSR count). The molecule has 0 aliphatic carbocycles. The number of carbonyl (C=O) groups excluding carboxylic acids is 1. The van der Waals surface area contributed by atoms with Crippen LogP contribution in [0.3, 0.4) is 0 Å². The summed E-state index contributed by atoms with van der Waals surface area (Å²) in [4.78, 5) is 11.0. The van der Waals surface area contributed by atoms with Crippen molar-refractivity contribution in [1.82, 2.24) is 0 Å². The van der Waals surface area contributed by atoms with Gasteiger partial charge in [0.1, 0.15) is 6.61 Å². The minimum Gasteiger partial charge on any atom is -0.377 e. The molecule has 2 heteroatoms. The summed E-state index contributed by atoms with van der Waals surface area (Å²) >= 11 is 0. The van der Waals surface area contributed by atoms with E-state index in [4.69, 9.17) is 4.74 Å². The number of methoxy groups -OCH3 is 1. The summed E-state index contributed by atoms with van der Waals surface area (Å²) < 4.78 is 4.73. The average molecular weight is 172 g/mol. The molecule has 0 fully saturated rings. The second kappa shape index (κ2) is 7.29. The largest absolute Gasteiger partial charge is 0.377 e. The summed E-state index contributed by atoms with van der Waals surface area (Å²) in [7, 11) is 1.56. The van der Waals surface area contributed by atoms with Crippen LogP contribution in [0, 0.1) is 5.92 Å². The fraction of sp³-hybridized carbons (Fsp3) is 0.900. The third-order valence-corrected chi connectivity index (χ3v) is 1.79. The maximum absolute atomic E-state index is 11.0. The number of hydrogen-bond donors (Lipinski definition) is 0. The van der Waals surface area contributed by atoms with Crippen molar-refractivity contribution in [2.75, 3.05) is 13.7 Å². The summed E-state index contributed by atoms with van der Waals surface area (Å²) in [5.74, 6) is 0.976. The highest BCUT2D eigenvalue weighted by molar-refractivity contribution is 5.79. The van der Waals surface area contributed by atoms with Crippen LogP contribution in [0.4, 0.5) is 0 Å². The fourth-order valence-electron chi connectivity index (χ4n) is 1.11. The highest BCUT2D eigenvalue weighted by Gasteiger charge is 2.00. The lowest BCUT2D eigenvalue weighted by Crippen LogP contribution is -2.05. The number of ether oxygens (including phenoxy) is 1. The van der Waals surface area contributed by atoms with Crippen molar-refractivity contribution in [3.63, 3.8) is 0 Å². The molecule has 2 nitrogen and oxygen atoms in total. The van der Waals surface area contributed by atoms with E-state index >= 15 is 0 Å². The number of ketones is 1. The van der Waals surface area contributed by atoms with Gasteiger partial charge in [0.05, 0.1) is 0 Å². The number of carbonyl (C=O) groups is 1. The Hall–Kier alpha value is -0.370. The van der Waals surface area contributed by atoms with Gasteiger partial charge < -0.3 is 4.74 Å². The Morgan fingerprint density at radius 2 is 2.00 bits per heavy atom. The van der Waals surface area contributed by atoms with E-state index in [1.807, 2.05) is 0 Å². The van der Waals surface area contributed by atoms with E-state index in [0.29, 0.717) is 6.42 Å². The summed E-state index contributed by atoms with van der Waals surface area (Å²) in [5, 5.41) is 0. The van der Waals surface area contributed by atoms with Crippen LogP contribution < -0.4 is 0 Å². The molecule has 0 radical (unpaired) electrons. The Kier molecular flexibility index (Phi) is 7.06. The van der Waals surface area contributed by atoms with Crippen molar-refractivity contribution in [3.05, 3.63) is 0 Å². The number of Topliss-reactive ketones (excluding diaryl/α,β-unsaturated/α-hetero) is 1. The first-order chi connectivity index (χ1) is 5.66. The Morgan fingerprint density at radius 1 is 1.33 bits per heavy atom. The van der Waals surface area contributed by atoms with Gasteiger partial charge in [-0.1, -0.05) is 26.7 Å². The van der Waals surface area contributed by atoms with E-state index in [-0.39, 0.29) is 12.4 Å². The van der Waals surface area contributed by atoms with Crippen LogP contribution in [0.2, 0.25) is 0 Å². The van der Waals surface area contributed by atoms with Crippen LogP contribution in [0.25, 0.3) is 0 Å². The average Bonchev–Trinajstić information content (AvgIpc) is 1.98. The quantitative estimate of drug-likeness (QED) is 0.551. The predicted molar refractivity (Wildman–Crippen MR) is 50.2 cm³/mol. The molecule has 0 atom stereocenters. The van der Waals surface area contributed by atoms with Crippen molar-refractivity contribution >= 4 is 5.78 Å². The zero-order chi connectivity index (χ0) is 9.40. The normalized spacial score (nSPS) is 10.7. The molecule has 0 aromatic rings. The van der Waals surface area contributed by atoms with Gasteiger partial charge in [0.25, 0.3) is 0 Å². The molecule has 0 bridgehead atoms. The van der Waals surface area contributed by atoms with Gasteiger partial charge in [0.15, 0.2) is 5.78 Å². The summed E-state index contributed by atoms with van der Waals surface area (Å²) in [6, 6.07) is 0. The van der Waals surface area contributed by atoms with Crippen molar-refractivity contribution in [3.8, 4) is 0 Å². The van der Waals surface area contributed by atoms with Gasteiger partial charge in [-0.15, -0.1) is 0 Å². The standard InChI is InChI=1S/C10H20O2/c1-9(2)6-4-5-7-10(11)8-12-3/h9H,4-8H2,1-3H3. The van der Waals surface area contributed by atoms with E-state index in [0.717, 1.165) is 18.8 Å². The number of hydrogen-bond acceptors (Lipinski definition) is 2. The fourth-order valence-corrected chi connectivity index (χ4v) is 1.11. The highest BCUT2D eigenvalue weighted by atomic mass is 16.5. The monoisotopic (exact) mass is 172 g/mol. The minimum absolute atomic E-state index is 0.223. The molecule has 0 saturated carbocycles. The second-order valence-electron chi connectivity index (χ2n) is 3.61. The van der Waals surface area contributed by atoms with Gasteiger partial charge in [-0.25, -0.2) is 0 Å². The van der Waals surface area contributed by atoms with E-state index in [2.05, 4.69) is 13.8 Å². The lowest BCUT2D eigenvalue weighted by molar-refractivity contribution is -0.122. The van der Waals surface area contributed by atoms with Crippen molar-refractivity contribution < 1.29 is 9.53 Å². The lowest BCUT2D eigenvalue weighted by atomic mass is 10.0. The minimum atomic E-state index is 0.223. The topological polar surface area (TPSA) is 26.3 Å². The van der Waals surface area contributed by atoms with Gasteiger partial charge in [0.2, 0.25) is 0 Å². The van der Waals surface area contributed by atoms with Crippen molar-refractivity contribution in [1.29, 1.82) is 0 Å². The molecule has 0 aromatic carbocycles. The van der Waals surface area contributed by atoms with Crippen molar-refractivity contribution in [2.24, 2.45) is 5.92 Å². The molecule has 72 valence electrons. The first kappa shape index (κ1) is 11.6. The lowest BCUT2D eigenvalue weighted by Gasteiger charge is -2.03. The third-order valence-electron chi connectivity index (χ3n) is 1.79. The van der Waals surface area contributed by atoms with E-state index < -0.39 is 0 Å². The first-order valence-corrected chi connectivity index (χ1v) is 4.67. The van der Waals surface area contributed by atoms with Crippen LogP contribution in [-0.4, -0.2) is 19.5 Å². The molecule has 0 spiro atoms. The number of rotatable bonds is 7. The van der Waals surface area contributed by atoms with Crippen LogP contribution >= 0.6 is 0 Å². The smallest absolute Gasteiger partial charge is 0.158 e. The molecule has 0 unspecified atom stereocenters. The summed E-state index contributed by atoms with van der Waals surface area (Å²) in [6.07, 6.45) is 4.08. The predicted octanol–water partition coefficient (Wildman–Crippen LogP) is 2.42. The third kappa shape index (κ3) is 7.73. The van der Waals surface area contributed by atoms with Crippen LogP contribution in [-0.2, 0) is 9.53 Å². The maximum Gasteiger partial charge on any atom is 0.158 e. The Balaban J connectivity index is 3.14. The van der Waals surface area contributed by atoms with Gasteiger partial charge in [-0.3, -0.25) is 4.79 Å². The molecule has 0 amide bonds. The first-order valence-electron chi connectivity index (χ1n) is 4.67. The van der Waals surface area contributed by atoms with E-state index in [9.17, 15) is 4.79 Å². The maximum atomic E-state index is 11.0. The van der Waals surface area contributed by atoms with E-state index in [1.165, 1.54) is 6.42 Å². The van der Waals surface area contributed by atoms with Gasteiger partial charge in [-0.2, -0.15) is 0 Å². The summed E-state index contributed by atoms with van der Waals surface area (Å²) in [6.45, 7) is 4.69. The Bertz CT molecular complexity index is 119. The van der Waals surface area contributed by atoms with Gasteiger partial charge in [-0.05, 0) is 12.3 Å². The molecule has 0 heterocycles. The molecule has 12 heavy (non-hydrogen) atoms. The Morgan fingerprint density at radius 3 is 2.50 bits per heavy atom. The van der Waals surface area contributed by atoms with Gasteiger partial charge in [0, 0.05) is 13.5 Å². The molecule has 0 aliphatic heterocycles. The zero-order valence-corrected chi connectivity index (χ0v) is 8.43. The SMILES string of the molecule is COCC(=O)CCCCC(C)C. The molecule has 0 N–H and O–H groups in total. The Labute approximate surface area is 75.3 Å². The molecular weight excluding hydrogens is 152 g/mol. The number of unbranched alkanes of at least 4 members (excludes halogenated alkanes) is 1. The van der Waals surface area contributed by atoms with Crippen molar-refractivity contribution in [2.45, 2.75) is 39.5 Å². The van der Waals surface area contributed by atoms with E-state index in [1.54, 1.807) is 7.11 Å². The highest BCUT2D eigenvalue weighted by Crippen LogP contribution is 2.08. The molecule has 0 saturated heterocycles. The molecule has 0 aliphatic rings. The summed E-state index contributed by atoms with van der Waals surface area (Å²) in [5.41, 5.74) is 0. The second-order valence-corrected chi connectivity index (χ2v) is 3.61. The molecule has 0 aromatic heterocycles. The van der Waals surface area contributed by atoms with Crippen LogP contribution in [0.15, 0.2) is 0 Å². The van der Waals surface area contributed by atoms with Crippen LogP contribution in [0.1, 0.15) is 39.5 Å². The van der Waals surface area contributed by atoms with Gasteiger partial charge >= 0.3 is 0 Å². The van der Waals surface area contributed by atoms with Crippen LogP contribution in [0.5, 0.6) is 0 Å².